The second kappa shape index (κ2) is 8.24. The van der Waals surface area contributed by atoms with Crippen LogP contribution in [0.2, 0.25) is 0 Å². The molecule has 0 saturated carbocycles. The molecule has 2 aromatic carbocycles. The van der Waals surface area contributed by atoms with Crippen molar-refractivity contribution in [2.75, 3.05) is 25.6 Å². The molecule has 0 fully saturated rings. The van der Waals surface area contributed by atoms with Gasteiger partial charge in [-0.2, -0.15) is 0 Å². The summed E-state index contributed by atoms with van der Waals surface area (Å²) >= 11 is 0. The fourth-order valence-corrected chi connectivity index (χ4v) is 2.56. The van der Waals surface area contributed by atoms with Crippen LogP contribution in [-0.4, -0.2) is 38.2 Å². The number of anilines is 1. The molecule has 0 aromatic heterocycles. The molecule has 1 aliphatic rings. The van der Waals surface area contributed by atoms with Gasteiger partial charge in [-0.25, -0.2) is 0 Å². The van der Waals surface area contributed by atoms with Gasteiger partial charge in [0.25, 0.3) is 5.91 Å². The van der Waals surface area contributed by atoms with E-state index in [4.69, 9.17) is 14.2 Å². The maximum Gasteiger partial charge on any atom is 0.266 e. The Morgan fingerprint density at radius 1 is 1.15 bits per heavy atom. The van der Waals surface area contributed by atoms with Crippen LogP contribution < -0.4 is 24.8 Å². The second-order valence-electron chi connectivity index (χ2n) is 5.65. The molecule has 0 spiro atoms. The third-order valence-electron chi connectivity index (χ3n) is 3.83. The van der Waals surface area contributed by atoms with E-state index in [9.17, 15) is 9.59 Å². The Morgan fingerprint density at radius 3 is 2.69 bits per heavy atom. The highest BCUT2D eigenvalue weighted by atomic mass is 16.5. The zero-order valence-corrected chi connectivity index (χ0v) is 14.4. The summed E-state index contributed by atoms with van der Waals surface area (Å²) in [7, 11) is 1.57. The molecule has 1 aliphatic heterocycles. The largest absolute Gasteiger partial charge is 0.493 e. The Balaban J connectivity index is 1.44. The second-order valence-corrected chi connectivity index (χ2v) is 5.65. The molecular weight excluding hydrogens is 336 g/mol. The van der Waals surface area contributed by atoms with Crippen LogP contribution in [0.1, 0.15) is 6.42 Å². The van der Waals surface area contributed by atoms with Crippen LogP contribution in [0.25, 0.3) is 0 Å². The van der Waals surface area contributed by atoms with Crippen molar-refractivity contribution in [3.05, 3.63) is 48.5 Å². The lowest BCUT2D eigenvalue weighted by atomic mass is 10.1. The molecule has 1 atom stereocenters. The van der Waals surface area contributed by atoms with Crippen LogP contribution in [0.15, 0.2) is 48.5 Å². The van der Waals surface area contributed by atoms with Gasteiger partial charge in [0.15, 0.2) is 17.6 Å². The van der Waals surface area contributed by atoms with Crippen molar-refractivity contribution < 1.29 is 23.8 Å². The van der Waals surface area contributed by atoms with E-state index in [0.717, 1.165) is 0 Å². The van der Waals surface area contributed by atoms with Crippen molar-refractivity contribution >= 4 is 17.5 Å². The SMILES string of the molecule is COc1ccccc1OCCNC(=O)C[C@@H]1Oc2ccccc2NC1=O. The van der Waals surface area contributed by atoms with Crippen LogP contribution >= 0.6 is 0 Å². The minimum atomic E-state index is -0.847. The minimum Gasteiger partial charge on any atom is -0.493 e. The van der Waals surface area contributed by atoms with Crippen LogP contribution in [-0.2, 0) is 9.59 Å². The van der Waals surface area contributed by atoms with Gasteiger partial charge < -0.3 is 24.8 Å². The third kappa shape index (κ3) is 4.24. The molecule has 0 bridgehead atoms. The molecule has 0 unspecified atom stereocenters. The van der Waals surface area contributed by atoms with E-state index >= 15 is 0 Å². The number of nitrogens with one attached hydrogen (secondary N) is 2. The van der Waals surface area contributed by atoms with Crippen molar-refractivity contribution in [3.8, 4) is 17.2 Å². The van der Waals surface area contributed by atoms with Crippen molar-refractivity contribution in [2.24, 2.45) is 0 Å². The number of rotatable bonds is 7. The molecular formula is C19H20N2O5. The molecule has 7 nitrogen and oxygen atoms in total. The molecule has 0 radical (unpaired) electrons. The lowest BCUT2D eigenvalue weighted by molar-refractivity contribution is -0.130. The van der Waals surface area contributed by atoms with Crippen molar-refractivity contribution in [3.63, 3.8) is 0 Å². The number of benzene rings is 2. The van der Waals surface area contributed by atoms with E-state index < -0.39 is 6.10 Å². The van der Waals surface area contributed by atoms with Gasteiger partial charge in [-0.15, -0.1) is 0 Å². The summed E-state index contributed by atoms with van der Waals surface area (Å²) in [4.78, 5) is 24.1. The Bertz CT molecular complexity index is 793. The van der Waals surface area contributed by atoms with Crippen molar-refractivity contribution in [1.82, 2.24) is 5.32 Å². The van der Waals surface area contributed by atoms with Gasteiger partial charge in [0.2, 0.25) is 5.91 Å². The predicted molar refractivity (Wildman–Crippen MR) is 95.6 cm³/mol. The Morgan fingerprint density at radius 2 is 1.88 bits per heavy atom. The van der Waals surface area contributed by atoms with Gasteiger partial charge in [-0.1, -0.05) is 24.3 Å². The van der Waals surface area contributed by atoms with Crippen molar-refractivity contribution in [2.45, 2.75) is 12.5 Å². The number of hydrogen-bond acceptors (Lipinski definition) is 5. The summed E-state index contributed by atoms with van der Waals surface area (Å²) < 4.78 is 16.4. The van der Waals surface area contributed by atoms with Crippen LogP contribution in [0.5, 0.6) is 17.2 Å². The number of fused-ring (bicyclic) bond motifs is 1. The lowest BCUT2D eigenvalue weighted by Crippen LogP contribution is -2.41. The standard InChI is InChI=1S/C19H20N2O5/c1-24-15-8-4-5-9-16(15)25-11-10-20-18(22)12-17-19(23)21-13-6-2-3-7-14(13)26-17/h2-9,17H,10-12H2,1H3,(H,20,22)(H,21,23)/t17-/m0/s1. The zero-order valence-electron chi connectivity index (χ0n) is 14.4. The molecule has 136 valence electrons. The van der Waals surface area contributed by atoms with E-state index in [1.807, 2.05) is 18.2 Å². The van der Waals surface area contributed by atoms with Gasteiger partial charge in [-0.3, -0.25) is 9.59 Å². The summed E-state index contributed by atoms with van der Waals surface area (Å²) in [6.07, 6.45) is -0.908. The number of para-hydroxylation sites is 4. The molecule has 2 N–H and O–H groups in total. The van der Waals surface area contributed by atoms with E-state index in [2.05, 4.69) is 10.6 Å². The smallest absolute Gasteiger partial charge is 0.266 e. The van der Waals surface area contributed by atoms with Crippen LogP contribution in [0.3, 0.4) is 0 Å². The van der Waals surface area contributed by atoms with Crippen LogP contribution in [0, 0.1) is 0 Å². The highest BCUT2D eigenvalue weighted by Gasteiger charge is 2.29. The monoisotopic (exact) mass is 356 g/mol. The summed E-state index contributed by atoms with van der Waals surface area (Å²) in [5.74, 6) is 1.18. The molecule has 2 amide bonds. The van der Waals surface area contributed by atoms with E-state index in [0.29, 0.717) is 29.5 Å². The first-order chi connectivity index (χ1) is 12.7. The average Bonchev–Trinajstić information content (AvgIpc) is 2.66. The van der Waals surface area contributed by atoms with Gasteiger partial charge >= 0.3 is 0 Å². The van der Waals surface area contributed by atoms with Crippen molar-refractivity contribution in [1.29, 1.82) is 0 Å². The van der Waals surface area contributed by atoms with Crippen LogP contribution in [0.4, 0.5) is 5.69 Å². The Hall–Kier alpha value is -3.22. The number of methoxy groups -OCH3 is 1. The minimum absolute atomic E-state index is 0.0607. The fourth-order valence-electron chi connectivity index (χ4n) is 2.56. The molecule has 3 rings (SSSR count). The first kappa shape index (κ1) is 17.6. The third-order valence-corrected chi connectivity index (χ3v) is 3.83. The molecule has 2 aromatic rings. The molecule has 7 heteroatoms. The summed E-state index contributed by atoms with van der Waals surface area (Å²) in [5.41, 5.74) is 0.611. The summed E-state index contributed by atoms with van der Waals surface area (Å²) in [6, 6.07) is 14.4. The number of carbonyl (C=O) groups is 2. The molecule has 0 aliphatic carbocycles. The summed E-state index contributed by atoms with van der Waals surface area (Å²) in [5, 5.41) is 5.45. The Kier molecular flexibility index (Phi) is 5.58. The van der Waals surface area contributed by atoms with Gasteiger partial charge in [0.1, 0.15) is 12.4 Å². The van der Waals surface area contributed by atoms with E-state index in [-0.39, 0.29) is 24.8 Å². The number of ether oxygens (including phenoxy) is 3. The Labute approximate surface area is 151 Å². The lowest BCUT2D eigenvalue weighted by Gasteiger charge is -2.25. The molecule has 26 heavy (non-hydrogen) atoms. The molecule has 1 heterocycles. The number of hydrogen-bond donors (Lipinski definition) is 2. The average molecular weight is 356 g/mol. The quantitative estimate of drug-likeness (QED) is 0.741. The maximum atomic E-state index is 12.1. The summed E-state index contributed by atoms with van der Waals surface area (Å²) in [6.45, 7) is 0.592. The number of amides is 2. The van der Waals surface area contributed by atoms with Gasteiger partial charge in [0, 0.05) is 0 Å². The zero-order chi connectivity index (χ0) is 18.4. The molecule has 0 saturated heterocycles. The van der Waals surface area contributed by atoms with Gasteiger partial charge in [0.05, 0.1) is 25.8 Å². The first-order valence-electron chi connectivity index (χ1n) is 8.26. The predicted octanol–water partition coefficient (Wildman–Crippen LogP) is 1.98. The van der Waals surface area contributed by atoms with E-state index in [1.54, 1.807) is 37.4 Å². The number of carbonyl (C=O) groups excluding carboxylic acids is 2. The normalized spacial score (nSPS) is 15.3. The topological polar surface area (TPSA) is 85.9 Å². The maximum absolute atomic E-state index is 12.1. The van der Waals surface area contributed by atoms with E-state index in [1.165, 1.54) is 0 Å². The fraction of sp³-hybridized carbons (Fsp3) is 0.263. The highest BCUT2D eigenvalue weighted by Crippen LogP contribution is 2.29. The van der Waals surface area contributed by atoms with Gasteiger partial charge in [-0.05, 0) is 24.3 Å². The first-order valence-corrected chi connectivity index (χ1v) is 8.26. The highest BCUT2D eigenvalue weighted by molar-refractivity contribution is 5.99.